The number of alkyl halides is 5. The van der Waals surface area contributed by atoms with Crippen LogP contribution in [-0.4, -0.2) is 43.7 Å². The molecule has 2 aromatic rings. The molecule has 1 N–H and O–H groups in total. The van der Waals surface area contributed by atoms with Crippen LogP contribution in [0.4, 0.5) is 22.0 Å². The highest BCUT2D eigenvalue weighted by Gasteiger charge is 2.45. The monoisotopic (exact) mass is 416 g/mol. The topological polar surface area (TPSA) is 43.0 Å². The molecule has 0 aliphatic carbocycles. The number of nitrogens with zero attached hydrogens (tertiary/aromatic N) is 1. The van der Waals surface area contributed by atoms with Crippen molar-refractivity contribution in [2.45, 2.75) is 18.7 Å². The number of nitrogens with one attached hydrogen (secondary N) is 1. The Labute approximate surface area is 163 Å². The Balaban J connectivity index is 1.72. The largest absolute Gasteiger partial charge is 0.586 e. The highest BCUT2D eigenvalue weighted by atomic mass is 19.4. The molecule has 29 heavy (non-hydrogen) atoms. The van der Waals surface area contributed by atoms with Crippen molar-refractivity contribution in [3.63, 3.8) is 0 Å². The molecule has 10 heteroatoms. The number of hydrogen-bond donors (Lipinski definition) is 1. The van der Waals surface area contributed by atoms with Crippen LogP contribution >= 0.6 is 0 Å². The van der Waals surface area contributed by atoms with Crippen molar-refractivity contribution in [3.05, 3.63) is 53.6 Å². The maximum Gasteiger partial charge on any atom is 0.586 e. The van der Waals surface area contributed by atoms with Crippen molar-refractivity contribution >= 4 is 0 Å². The first-order valence-electron chi connectivity index (χ1n) is 8.91. The van der Waals surface area contributed by atoms with Crippen LogP contribution in [0, 0.1) is 0 Å². The second kappa shape index (κ2) is 7.34. The Morgan fingerprint density at radius 1 is 1.00 bits per heavy atom. The lowest BCUT2D eigenvalue weighted by Crippen LogP contribution is -2.45. The van der Waals surface area contributed by atoms with E-state index < -0.39 is 18.7 Å². The fourth-order valence-corrected chi connectivity index (χ4v) is 3.58. The van der Waals surface area contributed by atoms with Crippen LogP contribution in [0.5, 0.6) is 17.2 Å². The van der Waals surface area contributed by atoms with E-state index >= 15 is 0 Å². The van der Waals surface area contributed by atoms with Gasteiger partial charge in [-0.25, -0.2) is 0 Å². The molecule has 1 atom stereocenters. The van der Waals surface area contributed by atoms with Crippen molar-refractivity contribution in [3.8, 4) is 17.2 Å². The van der Waals surface area contributed by atoms with Crippen molar-refractivity contribution in [1.82, 2.24) is 10.2 Å². The SMILES string of the molecule is FC(F)(F)Oc1ccc([C@@H](c2cccc3c2OC(F)(F)O3)N2CCNCC2)cc1. The molecule has 0 aromatic heterocycles. The number of fused-ring (bicyclic) bond motifs is 1. The lowest BCUT2D eigenvalue weighted by molar-refractivity contribution is -0.287. The van der Waals surface area contributed by atoms with Crippen molar-refractivity contribution < 1.29 is 36.2 Å². The van der Waals surface area contributed by atoms with Crippen LogP contribution < -0.4 is 19.5 Å². The Kier molecular flexibility index (Phi) is 4.99. The predicted molar refractivity (Wildman–Crippen MR) is 92.1 cm³/mol. The van der Waals surface area contributed by atoms with Crippen LogP contribution in [-0.2, 0) is 0 Å². The minimum Gasteiger partial charge on any atom is -0.406 e. The number of para-hydroxylation sites is 1. The highest BCUT2D eigenvalue weighted by Crippen LogP contribution is 2.47. The summed E-state index contributed by atoms with van der Waals surface area (Å²) >= 11 is 0. The Morgan fingerprint density at radius 3 is 2.34 bits per heavy atom. The van der Waals surface area contributed by atoms with Gasteiger partial charge < -0.3 is 19.5 Å². The van der Waals surface area contributed by atoms with Gasteiger partial charge in [0.25, 0.3) is 0 Å². The summed E-state index contributed by atoms with van der Waals surface area (Å²) in [6.45, 7) is 2.61. The number of piperazine rings is 1. The number of ether oxygens (including phenoxy) is 3. The van der Waals surface area contributed by atoms with Gasteiger partial charge in [-0.2, -0.15) is 0 Å². The maximum absolute atomic E-state index is 13.6. The summed E-state index contributed by atoms with van der Waals surface area (Å²) in [5.41, 5.74) is 1.07. The molecule has 1 saturated heterocycles. The van der Waals surface area contributed by atoms with E-state index in [4.69, 9.17) is 4.74 Å². The molecule has 2 aliphatic heterocycles. The summed E-state index contributed by atoms with van der Waals surface area (Å²) in [5, 5.41) is 3.21. The van der Waals surface area contributed by atoms with Gasteiger partial charge in [-0.05, 0) is 23.8 Å². The van der Waals surface area contributed by atoms with E-state index in [0.717, 1.165) is 0 Å². The Hall–Kier alpha value is -2.59. The molecule has 156 valence electrons. The molecule has 1 fully saturated rings. The van der Waals surface area contributed by atoms with E-state index in [1.807, 2.05) is 4.90 Å². The van der Waals surface area contributed by atoms with E-state index in [2.05, 4.69) is 14.8 Å². The summed E-state index contributed by atoms with van der Waals surface area (Å²) < 4.78 is 77.8. The molecule has 0 spiro atoms. The molecule has 0 unspecified atom stereocenters. The molecule has 5 nitrogen and oxygen atoms in total. The molecular weight excluding hydrogens is 399 g/mol. The Bertz CT molecular complexity index is 867. The minimum atomic E-state index is -4.80. The lowest BCUT2D eigenvalue weighted by Gasteiger charge is -2.36. The van der Waals surface area contributed by atoms with Gasteiger partial charge in [0.15, 0.2) is 11.5 Å². The van der Waals surface area contributed by atoms with Gasteiger partial charge in [0.2, 0.25) is 0 Å². The van der Waals surface area contributed by atoms with Gasteiger partial charge in [0, 0.05) is 31.7 Å². The third-order valence-electron chi connectivity index (χ3n) is 4.70. The van der Waals surface area contributed by atoms with Gasteiger partial charge in [-0.3, -0.25) is 4.90 Å². The zero-order valence-electron chi connectivity index (χ0n) is 15.0. The molecule has 2 heterocycles. The van der Waals surface area contributed by atoms with E-state index in [1.165, 1.54) is 30.3 Å². The highest BCUT2D eigenvalue weighted by molar-refractivity contribution is 5.52. The standard InChI is InChI=1S/C19H17F5N2O3/c20-18(21,22)27-13-6-4-12(5-7-13)16(26-10-8-25-9-11-26)14-2-1-3-15-17(14)29-19(23,24)28-15/h1-7,16,25H,8-11H2/t16-/m0/s1. The van der Waals surface area contributed by atoms with Crippen molar-refractivity contribution in [2.24, 2.45) is 0 Å². The van der Waals surface area contributed by atoms with E-state index in [-0.39, 0.29) is 17.2 Å². The third-order valence-corrected chi connectivity index (χ3v) is 4.70. The van der Waals surface area contributed by atoms with E-state index in [1.54, 1.807) is 12.1 Å². The first-order chi connectivity index (χ1) is 13.7. The number of halogens is 5. The number of rotatable bonds is 4. The fraction of sp³-hybridized carbons (Fsp3) is 0.368. The van der Waals surface area contributed by atoms with Crippen molar-refractivity contribution in [2.75, 3.05) is 26.2 Å². The van der Waals surface area contributed by atoms with Crippen LogP contribution in [0.25, 0.3) is 0 Å². The van der Waals surface area contributed by atoms with Gasteiger partial charge in [-0.1, -0.05) is 24.3 Å². The molecular formula is C19H17F5N2O3. The summed E-state index contributed by atoms with van der Waals surface area (Å²) in [4.78, 5) is 2.05. The predicted octanol–water partition coefficient (Wildman–Crippen LogP) is 3.90. The second-order valence-electron chi connectivity index (χ2n) is 6.65. The normalized spacial score (nSPS) is 19.8. The van der Waals surface area contributed by atoms with E-state index in [0.29, 0.717) is 37.3 Å². The summed E-state index contributed by atoms with van der Waals surface area (Å²) in [6, 6.07) is 9.48. The van der Waals surface area contributed by atoms with Gasteiger partial charge in [-0.15, -0.1) is 22.0 Å². The Morgan fingerprint density at radius 2 is 1.69 bits per heavy atom. The summed E-state index contributed by atoms with van der Waals surface area (Å²) in [6.07, 6.45) is -8.56. The first-order valence-corrected chi connectivity index (χ1v) is 8.91. The summed E-state index contributed by atoms with van der Waals surface area (Å²) in [5.74, 6) is -0.508. The van der Waals surface area contributed by atoms with Gasteiger partial charge in [0.1, 0.15) is 5.75 Å². The van der Waals surface area contributed by atoms with Crippen LogP contribution in [0.15, 0.2) is 42.5 Å². The zero-order chi connectivity index (χ0) is 20.6. The minimum absolute atomic E-state index is 0.0725. The average molecular weight is 416 g/mol. The third kappa shape index (κ3) is 4.38. The number of benzene rings is 2. The molecule has 4 rings (SSSR count). The molecule has 0 amide bonds. The summed E-state index contributed by atoms with van der Waals surface area (Å²) in [7, 11) is 0. The second-order valence-corrected chi connectivity index (χ2v) is 6.65. The van der Waals surface area contributed by atoms with Crippen LogP contribution in [0.1, 0.15) is 17.2 Å². The molecule has 0 saturated carbocycles. The number of hydrogen-bond acceptors (Lipinski definition) is 5. The average Bonchev–Trinajstić information content (AvgIpc) is 2.98. The molecule has 2 aromatic carbocycles. The smallest absolute Gasteiger partial charge is 0.406 e. The molecule has 0 radical (unpaired) electrons. The van der Waals surface area contributed by atoms with E-state index in [9.17, 15) is 22.0 Å². The molecule has 2 aliphatic rings. The van der Waals surface area contributed by atoms with Crippen LogP contribution in [0.3, 0.4) is 0 Å². The fourth-order valence-electron chi connectivity index (χ4n) is 3.58. The van der Waals surface area contributed by atoms with Crippen molar-refractivity contribution in [1.29, 1.82) is 0 Å². The quantitative estimate of drug-likeness (QED) is 0.766. The van der Waals surface area contributed by atoms with Crippen LogP contribution in [0.2, 0.25) is 0 Å². The molecule has 0 bridgehead atoms. The van der Waals surface area contributed by atoms with Gasteiger partial charge in [0.05, 0.1) is 6.04 Å². The lowest BCUT2D eigenvalue weighted by atomic mass is 9.95. The first kappa shape index (κ1) is 19.7. The maximum atomic E-state index is 13.6. The van der Waals surface area contributed by atoms with Gasteiger partial charge >= 0.3 is 12.7 Å². The zero-order valence-corrected chi connectivity index (χ0v) is 15.0.